The highest BCUT2D eigenvalue weighted by atomic mass is 16.4. The first kappa shape index (κ1) is 86.4. The van der Waals surface area contributed by atoms with E-state index in [2.05, 4.69) is 72.8 Å². The molecule has 0 radical (unpaired) electrons. The van der Waals surface area contributed by atoms with Crippen molar-refractivity contribution in [2.45, 2.75) is 176 Å². The van der Waals surface area contributed by atoms with Gasteiger partial charge >= 0.3 is 5.97 Å². The number of primary amides is 1. The molecule has 0 aliphatic carbocycles. The normalized spacial score (nSPS) is 13.5. The van der Waals surface area contributed by atoms with Gasteiger partial charge in [0.25, 0.3) is 0 Å². The number of rotatable bonds is 52. The molecule has 0 bridgehead atoms. The number of nitrogens with two attached hydrogens (primary N) is 14. The van der Waals surface area contributed by atoms with Gasteiger partial charge < -0.3 is 138 Å². The smallest absolute Gasteiger partial charge is 0.326 e. The molecule has 0 spiro atoms. The number of benzene rings is 1. The number of nitrogens with zero attached hydrogens (tertiary/aromatic N) is 5. The van der Waals surface area contributed by atoms with Crippen molar-refractivity contribution in [1.29, 1.82) is 0 Å². The molecule has 1 rings (SSSR count). The second-order valence-electron chi connectivity index (χ2n) is 22.9. The standard InChI is InChI=1S/C58H106N28O13/c59-23-3-1-10-36(80-46(91)35(12-5-25-73-54(63)64)79-44(89)31-78-45(90)34(61)30-32-17-19-33(87)20-18-32)47(92)81-37(11-2-4-24-60)48(93)82-38(13-6-26-74-55(65)66)49(94)83-39(14-7-27-75-56(67)68)50(95)85-41(21-22-43(62)88)52(97)84-40(15-8-28-76-57(69)70)51(96)86-42(53(98)99)16-9-29-77-58(71)72/h17-20,34-42,87H,1-16,21-31,59-61H2,(H2,62,88)(H,78,90)(H,79,89)(H,80,91)(H,81,92)(H,82,93)(H,83,94)(H,84,97)(H,85,95)(H,86,96)(H,98,99)(H4,63,64,73)(H4,65,66,74)(H4,67,68,75)(H4,69,70,76)(H4,71,72,77)/t34-,35-,36-,37-,38-,39-,40-,41-,42-/m0/s1. The van der Waals surface area contributed by atoms with Crippen molar-refractivity contribution in [2.75, 3.05) is 52.4 Å². The van der Waals surface area contributed by atoms with Gasteiger partial charge in [-0.15, -0.1) is 0 Å². The SMILES string of the molecule is NCCCC[C@H](NC(=O)[C@H](CCCN=C(N)N)NC(=O)CNC(=O)[C@@H](N)Cc1ccc(O)cc1)C(=O)N[C@@H](CCCCN)C(=O)N[C@@H](CCCN=C(N)N)C(=O)N[C@@H](CCCN=C(N)N)C(=O)N[C@@H](CCC(N)=O)C(=O)N[C@@H](CCCN=C(N)N)C(=O)N[C@@H](CCCN=C(N)N)C(=O)O. The van der Waals surface area contributed by atoms with E-state index in [9.17, 15) is 63.0 Å². The predicted molar refractivity (Wildman–Crippen MR) is 370 cm³/mol. The van der Waals surface area contributed by atoms with Crippen LogP contribution in [-0.4, -0.2) is 212 Å². The van der Waals surface area contributed by atoms with Crippen molar-refractivity contribution in [3.8, 4) is 5.75 Å². The summed E-state index contributed by atoms with van der Waals surface area (Å²) in [4.78, 5) is 171. The molecule has 41 heteroatoms. The molecule has 0 aliphatic heterocycles. The van der Waals surface area contributed by atoms with Gasteiger partial charge in [-0.1, -0.05) is 12.1 Å². The lowest BCUT2D eigenvalue weighted by molar-refractivity contribution is -0.142. The summed E-state index contributed by atoms with van der Waals surface area (Å²) in [7, 11) is 0. The highest BCUT2D eigenvalue weighted by molar-refractivity contribution is 5.98. The zero-order valence-electron chi connectivity index (χ0n) is 55.8. The van der Waals surface area contributed by atoms with E-state index < -0.39 is 139 Å². The monoisotopic (exact) mass is 1400 g/mol. The number of unbranched alkanes of at least 4 members (excludes halogenated alkanes) is 2. The molecule has 9 atom stereocenters. The molecule has 99 heavy (non-hydrogen) atoms. The summed E-state index contributed by atoms with van der Waals surface area (Å²) in [6, 6.07) is -7.04. The number of guanidine groups is 5. The average molecular weight is 1400 g/mol. The Balaban J connectivity index is 3.77. The van der Waals surface area contributed by atoms with Crippen LogP contribution in [0.2, 0.25) is 0 Å². The van der Waals surface area contributed by atoms with E-state index in [0.717, 1.165) is 0 Å². The summed E-state index contributed by atoms with van der Waals surface area (Å²) in [5.74, 6) is -11.9. The number of aliphatic carboxylic acids is 1. The van der Waals surface area contributed by atoms with Crippen LogP contribution in [-0.2, 0) is 59.2 Å². The Bertz CT molecular complexity index is 2900. The van der Waals surface area contributed by atoms with Crippen LogP contribution in [0.1, 0.15) is 121 Å². The number of phenolic OH excluding ortho intramolecular Hbond substituents is 1. The van der Waals surface area contributed by atoms with Gasteiger partial charge in [0.05, 0.1) is 12.6 Å². The number of phenols is 1. The van der Waals surface area contributed by atoms with Crippen molar-refractivity contribution >= 4 is 94.8 Å². The fourth-order valence-electron chi connectivity index (χ4n) is 9.36. The minimum Gasteiger partial charge on any atom is -0.508 e. The van der Waals surface area contributed by atoms with Gasteiger partial charge in [-0.25, -0.2) is 4.79 Å². The van der Waals surface area contributed by atoms with Crippen molar-refractivity contribution < 1.29 is 63.0 Å². The number of hydrogen-bond donors (Lipinski definition) is 25. The van der Waals surface area contributed by atoms with Crippen molar-refractivity contribution in [1.82, 2.24) is 47.9 Å². The van der Waals surface area contributed by atoms with Crippen molar-refractivity contribution in [3.05, 3.63) is 29.8 Å². The number of aliphatic imine (C=N–C) groups is 5. The Morgan fingerprint density at radius 3 is 0.919 bits per heavy atom. The summed E-state index contributed by atoms with van der Waals surface area (Å²) in [5, 5.41) is 42.6. The first-order valence-electron chi connectivity index (χ1n) is 32.3. The van der Waals surface area contributed by atoms with Crippen LogP contribution in [0.25, 0.3) is 0 Å². The van der Waals surface area contributed by atoms with Gasteiger partial charge in [-0.2, -0.15) is 0 Å². The molecule has 1 aromatic rings. The zero-order valence-corrected chi connectivity index (χ0v) is 55.8. The van der Waals surface area contributed by atoms with Gasteiger partial charge in [-0.05, 0) is 146 Å². The number of carboxylic acids is 1. The van der Waals surface area contributed by atoms with E-state index in [-0.39, 0.29) is 178 Å². The minimum absolute atomic E-state index is 0.00519. The molecule has 0 saturated heterocycles. The van der Waals surface area contributed by atoms with Crippen LogP contribution in [0.15, 0.2) is 49.2 Å². The molecular formula is C58H106N28O13. The third-order valence-corrected chi connectivity index (χ3v) is 14.5. The Morgan fingerprint density at radius 1 is 0.364 bits per heavy atom. The Kier molecular flexibility index (Phi) is 42.8. The molecule has 556 valence electrons. The predicted octanol–water partition coefficient (Wildman–Crippen LogP) is -9.87. The maximum Gasteiger partial charge on any atom is 0.326 e. The fraction of sp³-hybridized carbons (Fsp3) is 0.621. The quantitative estimate of drug-likeness (QED) is 0.0164. The number of carbonyl (C=O) groups excluding carboxylic acids is 10. The van der Waals surface area contributed by atoms with Crippen molar-refractivity contribution in [3.63, 3.8) is 0 Å². The van der Waals surface area contributed by atoms with Gasteiger partial charge in [0, 0.05) is 39.1 Å². The molecule has 1 aromatic carbocycles. The topological polar surface area (TPSA) is 763 Å². The molecule has 0 unspecified atom stereocenters. The fourth-order valence-corrected chi connectivity index (χ4v) is 9.36. The molecule has 39 N–H and O–H groups in total. The number of carbonyl (C=O) groups is 11. The van der Waals surface area contributed by atoms with E-state index in [0.29, 0.717) is 18.4 Å². The van der Waals surface area contributed by atoms with Crippen LogP contribution in [0.4, 0.5) is 0 Å². The van der Waals surface area contributed by atoms with Crippen LogP contribution in [0.3, 0.4) is 0 Å². The molecular weight excluding hydrogens is 1300 g/mol. The van der Waals surface area contributed by atoms with Crippen LogP contribution < -0.4 is 128 Å². The van der Waals surface area contributed by atoms with Gasteiger partial charge in [-0.3, -0.25) is 72.9 Å². The lowest BCUT2D eigenvalue weighted by Crippen LogP contribution is -2.60. The van der Waals surface area contributed by atoms with Gasteiger partial charge in [0.2, 0.25) is 59.1 Å². The maximum absolute atomic E-state index is 14.7. The summed E-state index contributed by atoms with van der Waals surface area (Å²) in [5.41, 5.74) is 78.9. The minimum atomic E-state index is -1.67. The first-order valence-corrected chi connectivity index (χ1v) is 32.3. The zero-order chi connectivity index (χ0) is 74.4. The number of hydrogen-bond acceptors (Lipinski definition) is 20. The van der Waals surface area contributed by atoms with Crippen LogP contribution in [0.5, 0.6) is 5.75 Å². The molecule has 0 saturated carbocycles. The first-order chi connectivity index (χ1) is 46.9. The molecule has 0 aromatic heterocycles. The summed E-state index contributed by atoms with van der Waals surface area (Å²) in [6.45, 7) is -0.362. The van der Waals surface area contributed by atoms with Gasteiger partial charge in [0.15, 0.2) is 29.8 Å². The molecule has 0 fully saturated rings. The summed E-state index contributed by atoms with van der Waals surface area (Å²) < 4.78 is 0. The summed E-state index contributed by atoms with van der Waals surface area (Å²) >= 11 is 0. The average Bonchev–Trinajstić information content (AvgIpc) is 0.883. The second-order valence-corrected chi connectivity index (χ2v) is 22.9. The van der Waals surface area contributed by atoms with E-state index >= 15 is 0 Å². The number of nitrogens with one attached hydrogen (secondary N) is 9. The van der Waals surface area contributed by atoms with Crippen LogP contribution >= 0.6 is 0 Å². The third kappa shape index (κ3) is 39.9. The molecule has 10 amide bonds. The van der Waals surface area contributed by atoms with E-state index in [4.69, 9.17) is 80.3 Å². The van der Waals surface area contributed by atoms with Crippen LogP contribution in [0, 0.1) is 0 Å². The lowest BCUT2D eigenvalue weighted by atomic mass is 10.0. The third-order valence-electron chi connectivity index (χ3n) is 14.5. The number of aromatic hydroxyl groups is 1. The van der Waals surface area contributed by atoms with E-state index in [1.807, 2.05) is 0 Å². The Morgan fingerprint density at radius 2 is 0.636 bits per heavy atom. The summed E-state index contributed by atoms with van der Waals surface area (Å²) in [6.07, 6.45) is -0.224. The van der Waals surface area contributed by atoms with Gasteiger partial charge in [0.1, 0.15) is 54.1 Å². The highest BCUT2D eigenvalue weighted by Crippen LogP contribution is 2.14. The van der Waals surface area contributed by atoms with E-state index in [1.54, 1.807) is 12.1 Å². The molecule has 0 aliphatic rings. The Hall–Kier alpha value is -10.6. The lowest BCUT2D eigenvalue weighted by Gasteiger charge is -2.28. The number of carboxylic acid groups (broad SMARTS) is 1. The largest absolute Gasteiger partial charge is 0.508 e. The highest BCUT2D eigenvalue weighted by Gasteiger charge is 2.35. The van der Waals surface area contributed by atoms with Crippen molar-refractivity contribution in [2.24, 2.45) is 105 Å². The maximum atomic E-state index is 14.7. The molecule has 41 nitrogen and oxygen atoms in total. The molecule has 0 heterocycles. The van der Waals surface area contributed by atoms with E-state index in [1.165, 1.54) is 12.1 Å². The second kappa shape index (κ2) is 49.0. The number of amides is 10. The Labute approximate surface area is 573 Å².